The van der Waals surface area contributed by atoms with Crippen LogP contribution in [0.15, 0.2) is 36.7 Å². The van der Waals surface area contributed by atoms with Gasteiger partial charge in [-0.2, -0.15) is 0 Å². The molecule has 2 heterocycles. The summed E-state index contributed by atoms with van der Waals surface area (Å²) in [5, 5.41) is 6.80. The fraction of sp³-hybridized carbons (Fsp3) is 0.385. The molecule has 2 aromatic heterocycles. The Kier molecular flexibility index (Phi) is 4.87. The lowest BCUT2D eigenvalue weighted by molar-refractivity contribution is 0.589. The van der Waals surface area contributed by atoms with Crippen LogP contribution in [0.3, 0.4) is 0 Å². The summed E-state index contributed by atoms with van der Waals surface area (Å²) in [6.07, 6.45) is 5.05. The molecule has 4 nitrogen and oxygen atoms in total. The molecular weight excluding hydrogens is 212 g/mol. The Balaban J connectivity index is 1.44. The summed E-state index contributed by atoms with van der Waals surface area (Å²) in [6, 6.07) is 8.23. The summed E-state index contributed by atoms with van der Waals surface area (Å²) < 4.78 is 0. The van der Waals surface area contributed by atoms with Crippen molar-refractivity contribution in [2.45, 2.75) is 19.5 Å². The lowest BCUT2D eigenvalue weighted by atomic mass is 10.3. The SMILES string of the molecule is c1c[nH]c(CNCCCNCc2ccc[nH]2)c1. The molecule has 0 aliphatic heterocycles. The van der Waals surface area contributed by atoms with Crippen molar-refractivity contribution in [3.05, 3.63) is 48.0 Å². The monoisotopic (exact) mass is 232 g/mol. The van der Waals surface area contributed by atoms with Crippen LogP contribution in [0.1, 0.15) is 17.8 Å². The minimum absolute atomic E-state index is 0.920. The number of hydrogen-bond acceptors (Lipinski definition) is 2. The first kappa shape index (κ1) is 12.0. The highest BCUT2D eigenvalue weighted by molar-refractivity contribution is 5.03. The van der Waals surface area contributed by atoms with Crippen LogP contribution in [0.25, 0.3) is 0 Å². The number of aromatic amines is 2. The van der Waals surface area contributed by atoms with Crippen molar-refractivity contribution in [3.63, 3.8) is 0 Å². The van der Waals surface area contributed by atoms with Crippen LogP contribution < -0.4 is 10.6 Å². The Morgan fingerprint density at radius 1 is 0.824 bits per heavy atom. The summed E-state index contributed by atoms with van der Waals surface area (Å²) in [7, 11) is 0. The van der Waals surface area contributed by atoms with E-state index >= 15 is 0 Å². The zero-order valence-corrected chi connectivity index (χ0v) is 10.00. The molecule has 17 heavy (non-hydrogen) atoms. The van der Waals surface area contributed by atoms with Crippen LogP contribution in [0, 0.1) is 0 Å². The van der Waals surface area contributed by atoms with E-state index in [2.05, 4.69) is 32.7 Å². The van der Waals surface area contributed by atoms with Crippen LogP contribution in [0.2, 0.25) is 0 Å². The van der Waals surface area contributed by atoms with E-state index in [0.717, 1.165) is 32.6 Å². The highest BCUT2D eigenvalue weighted by atomic mass is 14.9. The van der Waals surface area contributed by atoms with Crippen LogP contribution in [0.5, 0.6) is 0 Å². The molecule has 0 aliphatic carbocycles. The van der Waals surface area contributed by atoms with Gasteiger partial charge in [0.1, 0.15) is 0 Å². The van der Waals surface area contributed by atoms with E-state index in [1.807, 2.05) is 24.5 Å². The van der Waals surface area contributed by atoms with Gasteiger partial charge in [-0.1, -0.05) is 0 Å². The van der Waals surface area contributed by atoms with Crippen molar-refractivity contribution >= 4 is 0 Å². The number of rotatable bonds is 8. The van der Waals surface area contributed by atoms with E-state index in [0.29, 0.717) is 0 Å². The standard InChI is InChI=1S/C13H20N4/c1-4-12(16-8-1)10-14-6-3-7-15-11-13-5-2-9-17-13/h1-2,4-5,8-9,14-17H,3,6-7,10-11H2. The van der Waals surface area contributed by atoms with Gasteiger partial charge in [-0.3, -0.25) is 0 Å². The van der Waals surface area contributed by atoms with E-state index in [1.54, 1.807) is 0 Å². The predicted molar refractivity (Wildman–Crippen MR) is 69.6 cm³/mol. The van der Waals surface area contributed by atoms with Gasteiger partial charge in [0.05, 0.1) is 0 Å². The van der Waals surface area contributed by atoms with Crippen LogP contribution in [-0.2, 0) is 13.1 Å². The van der Waals surface area contributed by atoms with E-state index in [1.165, 1.54) is 11.4 Å². The Labute approximate surface area is 102 Å². The quantitative estimate of drug-likeness (QED) is 0.523. The van der Waals surface area contributed by atoms with Gasteiger partial charge in [0.2, 0.25) is 0 Å². The molecule has 0 saturated carbocycles. The summed E-state index contributed by atoms with van der Waals surface area (Å²) in [5.41, 5.74) is 2.48. The maximum Gasteiger partial charge on any atom is 0.0357 e. The molecule has 0 aliphatic rings. The number of H-pyrrole nitrogens is 2. The molecule has 2 rings (SSSR count). The Bertz CT molecular complexity index is 339. The molecule has 2 aromatic rings. The van der Waals surface area contributed by atoms with Crippen molar-refractivity contribution in [3.8, 4) is 0 Å². The highest BCUT2D eigenvalue weighted by Crippen LogP contribution is 1.93. The zero-order chi connectivity index (χ0) is 11.8. The lowest BCUT2D eigenvalue weighted by Crippen LogP contribution is -2.21. The van der Waals surface area contributed by atoms with Gasteiger partial charge in [-0.15, -0.1) is 0 Å². The Morgan fingerprint density at radius 3 is 1.76 bits per heavy atom. The van der Waals surface area contributed by atoms with Gasteiger partial charge in [0.25, 0.3) is 0 Å². The fourth-order valence-corrected chi connectivity index (χ4v) is 1.74. The zero-order valence-electron chi connectivity index (χ0n) is 10.00. The van der Waals surface area contributed by atoms with E-state index in [4.69, 9.17) is 0 Å². The molecule has 0 unspecified atom stereocenters. The van der Waals surface area contributed by atoms with Crippen LogP contribution in [-0.4, -0.2) is 23.1 Å². The lowest BCUT2D eigenvalue weighted by Gasteiger charge is -2.05. The second-order valence-electron chi connectivity index (χ2n) is 4.10. The molecule has 4 heteroatoms. The molecule has 0 radical (unpaired) electrons. The normalized spacial score (nSPS) is 10.8. The van der Waals surface area contributed by atoms with Gasteiger partial charge < -0.3 is 20.6 Å². The van der Waals surface area contributed by atoms with Crippen molar-refractivity contribution in [2.75, 3.05) is 13.1 Å². The molecule has 0 aromatic carbocycles. The predicted octanol–water partition coefficient (Wildman–Crippen LogP) is 1.61. The third-order valence-corrected chi connectivity index (χ3v) is 2.66. The third kappa shape index (κ3) is 4.46. The second kappa shape index (κ2) is 6.93. The van der Waals surface area contributed by atoms with Gasteiger partial charge in [0.15, 0.2) is 0 Å². The van der Waals surface area contributed by atoms with Crippen molar-refractivity contribution in [2.24, 2.45) is 0 Å². The molecule has 4 N–H and O–H groups in total. The van der Waals surface area contributed by atoms with Crippen LogP contribution in [0.4, 0.5) is 0 Å². The summed E-state index contributed by atoms with van der Waals surface area (Å²) in [4.78, 5) is 6.35. The topological polar surface area (TPSA) is 55.6 Å². The molecule has 0 fully saturated rings. The molecule has 0 atom stereocenters. The van der Waals surface area contributed by atoms with Gasteiger partial charge in [0, 0.05) is 36.9 Å². The molecule has 0 amide bonds. The maximum atomic E-state index is 3.40. The first-order valence-corrected chi connectivity index (χ1v) is 6.11. The largest absolute Gasteiger partial charge is 0.364 e. The van der Waals surface area contributed by atoms with Gasteiger partial charge in [-0.05, 0) is 43.8 Å². The number of nitrogens with one attached hydrogen (secondary N) is 4. The van der Waals surface area contributed by atoms with E-state index < -0.39 is 0 Å². The first-order chi connectivity index (χ1) is 8.45. The maximum absolute atomic E-state index is 3.40. The second-order valence-corrected chi connectivity index (χ2v) is 4.10. The fourth-order valence-electron chi connectivity index (χ4n) is 1.74. The smallest absolute Gasteiger partial charge is 0.0357 e. The molecular formula is C13H20N4. The minimum Gasteiger partial charge on any atom is -0.364 e. The Morgan fingerprint density at radius 2 is 1.35 bits per heavy atom. The van der Waals surface area contributed by atoms with E-state index in [9.17, 15) is 0 Å². The average molecular weight is 232 g/mol. The number of hydrogen-bond donors (Lipinski definition) is 4. The summed E-state index contributed by atoms with van der Waals surface area (Å²) in [5.74, 6) is 0. The van der Waals surface area contributed by atoms with Crippen molar-refractivity contribution in [1.29, 1.82) is 0 Å². The van der Waals surface area contributed by atoms with Crippen molar-refractivity contribution in [1.82, 2.24) is 20.6 Å². The minimum atomic E-state index is 0.920. The first-order valence-electron chi connectivity index (χ1n) is 6.11. The molecule has 0 spiro atoms. The van der Waals surface area contributed by atoms with Gasteiger partial charge in [-0.25, -0.2) is 0 Å². The molecule has 92 valence electrons. The average Bonchev–Trinajstić information content (AvgIpc) is 3.00. The van der Waals surface area contributed by atoms with Crippen molar-refractivity contribution < 1.29 is 0 Å². The number of aromatic nitrogens is 2. The Hall–Kier alpha value is -1.52. The highest BCUT2D eigenvalue weighted by Gasteiger charge is 1.93. The van der Waals surface area contributed by atoms with Crippen LogP contribution >= 0.6 is 0 Å². The summed E-state index contributed by atoms with van der Waals surface area (Å²) >= 11 is 0. The molecule has 0 saturated heterocycles. The third-order valence-electron chi connectivity index (χ3n) is 2.66. The summed E-state index contributed by atoms with van der Waals surface area (Å²) in [6.45, 7) is 3.92. The van der Waals surface area contributed by atoms with Gasteiger partial charge >= 0.3 is 0 Å². The van der Waals surface area contributed by atoms with E-state index in [-0.39, 0.29) is 0 Å². The molecule has 0 bridgehead atoms.